The fraction of sp³-hybridized carbons (Fsp3) is 0.333. The molecule has 2 aromatic rings. The molecule has 0 aliphatic rings. The zero-order chi connectivity index (χ0) is 17.0. The Hall–Kier alpha value is -1.34. The normalized spacial score (nSPS) is 10.8. The number of phenolic OH excluding ortho intramolecular Hbond substituents is 2. The summed E-state index contributed by atoms with van der Waals surface area (Å²) >= 11 is 3.15. The van der Waals surface area contributed by atoms with Gasteiger partial charge in [-0.05, 0) is 24.3 Å². The molecule has 4 nitrogen and oxygen atoms in total. The summed E-state index contributed by atoms with van der Waals surface area (Å²) in [7, 11) is 0. The summed E-state index contributed by atoms with van der Waals surface area (Å²) in [6, 6.07) is 14.6. The van der Waals surface area contributed by atoms with Gasteiger partial charge in [0, 0.05) is 21.3 Å². The number of hydrogen-bond donors (Lipinski definition) is 2. The second-order valence-electron chi connectivity index (χ2n) is 4.86. The number of benzene rings is 2. The number of hydrogen-bond acceptors (Lipinski definition) is 6. The molecule has 6 heteroatoms. The summed E-state index contributed by atoms with van der Waals surface area (Å²) in [6.07, 6.45) is 0. The average Bonchev–Trinajstić information content (AvgIpc) is 2.59. The Kier molecular flexibility index (Phi) is 8.91. The van der Waals surface area contributed by atoms with Gasteiger partial charge in [-0.15, -0.1) is 23.5 Å². The summed E-state index contributed by atoms with van der Waals surface area (Å²) in [5.41, 5.74) is 0. The van der Waals surface area contributed by atoms with Crippen LogP contribution >= 0.6 is 23.5 Å². The first kappa shape index (κ1) is 19.0. The highest BCUT2D eigenvalue weighted by Gasteiger charge is 2.01. The lowest BCUT2D eigenvalue weighted by molar-refractivity contribution is 0.0605. The van der Waals surface area contributed by atoms with Crippen molar-refractivity contribution in [2.45, 2.75) is 9.79 Å². The number of aromatic hydroxyl groups is 2. The number of para-hydroxylation sites is 2. The topological polar surface area (TPSA) is 58.9 Å². The number of rotatable bonds is 11. The van der Waals surface area contributed by atoms with Gasteiger partial charge < -0.3 is 19.7 Å². The highest BCUT2D eigenvalue weighted by molar-refractivity contribution is 7.99. The zero-order valence-electron chi connectivity index (χ0n) is 13.4. The molecule has 0 spiro atoms. The van der Waals surface area contributed by atoms with Crippen LogP contribution in [0.4, 0.5) is 0 Å². The zero-order valence-corrected chi connectivity index (χ0v) is 15.0. The lowest BCUT2D eigenvalue weighted by Gasteiger charge is -2.07. The third kappa shape index (κ3) is 7.05. The molecule has 0 heterocycles. The first-order valence-corrected chi connectivity index (χ1v) is 9.71. The maximum absolute atomic E-state index is 9.63. The Morgan fingerprint density at radius 3 is 1.46 bits per heavy atom. The fourth-order valence-electron chi connectivity index (χ4n) is 1.90. The van der Waals surface area contributed by atoms with Crippen molar-refractivity contribution in [2.75, 3.05) is 37.9 Å². The van der Waals surface area contributed by atoms with Crippen LogP contribution in [0, 0.1) is 0 Å². The number of phenols is 2. The first-order chi connectivity index (χ1) is 11.8. The summed E-state index contributed by atoms with van der Waals surface area (Å²) in [5, 5.41) is 19.3. The van der Waals surface area contributed by atoms with E-state index in [1.54, 1.807) is 35.7 Å². The molecule has 24 heavy (non-hydrogen) atoms. The lowest BCUT2D eigenvalue weighted by Crippen LogP contribution is -2.08. The monoisotopic (exact) mass is 366 g/mol. The van der Waals surface area contributed by atoms with E-state index in [2.05, 4.69) is 0 Å². The van der Waals surface area contributed by atoms with Crippen molar-refractivity contribution in [3.8, 4) is 11.5 Å². The van der Waals surface area contributed by atoms with Gasteiger partial charge in [0.25, 0.3) is 0 Å². The Labute approximate surface area is 151 Å². The second kappa shape index (κ2) is 11.3. The maximum atomic E-state index is 9.63. The van der Waals surface area contributed by atoms with E-state index < -0.39 is 0 Å². The number of thioether (sulfide) groups is 2. The molecule has 0 saturated heterocycles. The SMILES string of the molecule is Oc1ccccc1SCCOCCOCCSc1ccccc1O. The van der Waals surface area contributed by atoms with Crippen LogP contribution in [0.3, 0.4) is 0 Å². The molecular formula is C18H22O4S2. The minimum Gasteiger partial charge on any atom is -0.507 e. The van der Waals surface area contributed by atoms with Gasteiger partial charge in [0.05, 0.1) is 26.4 Å². The van der Waals surface area contributed by atoms with Crippen LogP contribution < -0.4 is 0 Å². The second-order valence-corrected chi connectivity index (χ2v) is 7.13. The average molecular weight is 367 g/mol. The predicted molar refractivity (Wildman–Crippen MR) is 99.3 cm³/mol. The summed E-state index contributed by atoms with van der Waals surface area (Å²) < 4.78 is 11.0. The largest absolute Gasteiger partial charge is 0.507 e. The van der Waals surface area contributed by atoms with Gasteiger partial charge in [0.2, 0.25) is 0 Å². The van der Waals surface area contributed by atoms with Gasteiger partial charge >= 0.3 is 0 Å². The Balaban J connectivity index is 1.43. The molecule has 0 aliphatic carbocycles. The van der Waals surface area contributed by atoms with E-state index >= 15 is 0 Å². The molecule has 0 aliphatic heterocycles. The molecule has 0 atom stereocenters. The molecule has 2 aromatic carbocycles. The van der Waals surface area contributed by atoms with Crippen LogP contribution in [0.15, 0.2) is 58.3 Å². The van der Waals surface area contributed by atoms with Gasteiger partial charge in [0.1, 0.15) is 11.5 Å². The highest BCUT2D eigenvalue weighted by atomic mass is 32.2. The fourth-order valence-corrected chi connectivity index (χ4v) is 3.53. The van der Waals surface area contributed by atoms with Crippen molar-refractivity contribution in [1.29, 1.82) is 0 Å². The van der Waals surface area contributed by atoms with Gasteiger partial charge in [-0.2, -0.15) is 0 Å². The molecule has 2 rings (SSSR count). The number of ether oxygens (including phenoxy) is 2. The van der Waals surface area contributed by atoms with Crippen LogP contribution in [0.2, 0.25) is 0 Å². The molecule has 0 radical (unpaired) electrons. The van der Waals surface area contributed by atoms with Crippen molar-refractivity contribution in [3.63, 3.8) is 0 Å². The third-order valence-electron chi connectivity index (χ3n) is 3.07. The van der Waals surface area contributed by atoms with Crippen LogP contribution in [0.25, 0.3) is 0 Å². The van der Waals surface area contributed by atoms with Gasteiger partial charge in [-0.1, -0.05) is 24.3 Å². The Bertz CT molecular complexity index is 554. The van der Waals surface area contributed by atoms with Crippen LogP contribution in [0.5, 0.6) is 11.5 Å². The van der Waals surface area contributed by atoms with Crippen LogP contribution in [-0.2, 0) is 9.47 Å². The van der Waals surface area contributed by atoms with E-state index in [0.717, 1.165) is 21.3 Å². The van der Waals surface area contributed by atoms with Crippen molar-refractivity contribution < 1.29 is 19.7 Å². The van der Waals surface area contributed by atoms with E-state index in [1.807, 2.05) is 36.4 Å². The standard InChI is InChI=1S/C18H22O4S2/c19-15-5-1-3-7-17(15)23-13-11-21-9-10-22-12-14-24-18-8-4-2-6-16(18)20/h1-8,19-20H,9-14H2. The molecule has 0 fully saturated rings. The molecule has 0 amide bonds. The molecule has 0 aromatic heterocycles. The van der Waals surface area contributed by atoms with Crippen molar-refractivity contribution in [1.82, 2.24) is 0 Å². The summed E-state index contributed by atoms with van der Waals surface area (Å²) in [6.45, 7) is 2.36. The minimum absolute atomic E-state index is 0.313. The van der Waals surface area contributed by atoms with E-state index in [-0.39, 0.29) is 0 Å². The Morgan fingerprint density at radius 2 is 1.04 bits per heavy atom. The lowest BCUT2D eigenvalue weighted by atomic mass is 10.3. The third-order valence-corrected chi connectivity index (χ3v) is 5.13. The van der Waals surface area contributed by atoms with E-state index in [1.165, 1.54) is 0 Å². The van der Waals surface area contributed by atoms with Crippen molar-refractivity contribution in [3.05, 3.63) is 48.5 Å². The first-order valence-electron chi connectivity index (χ1n) is 7.74. The van der Waals surface area contributed by atoms with E-state index in [4.69, 9.17) is 9.47 Å². The summed E-state index contributed by atoms with van der Waals surface area (Å²) in [4.78, 5) is 1.75. The van der Waals surface area contributed by atoms with Crippen molar-refractivity contribution >= 4 is 23.5 Å². The van der Waals surface area contributed by atoms with Crippen LogP contribution in [0.1, 0.15) is 0 Å². The Morgan fingerprint density at radius 1 is 0.625 bits per heavy atom. The quantitative estimate of drug-likeness (QED) is 0.463. The molecular weight excluding hydrogens is 344 g/mol. The smallest absolute Gasteiger partial charge is 0.129 e. The molecule has 0 saturated carbocycles. The molecule has 0 unspecified atom stereocenters. The predicted octanol–water partition coefficient (Wildman–Crippen LogP) is 4.02. The van der Waals surface area contributed by atoms with E-state index in [0.29, 0.717) is 37.9 Å². The maximum Gasteiger partial charge on any atom is 0.129 e. The van der Waals surface area contributed by atoms with Gasteiger partial charge in [0.15, 0.2) is 0 Å². The van der Waals surface area contributed by atoms with Gasteiger partial charge in [-0.25, -0.2) is 0 Å². The molecule has 130 valence electrons. The van der Waals surface area contributed by atoms with E-state index in [9.17, 15) is 10.2 Å². The highest BCUT2D eigenvalue weighted by Crippen LogP contribution is 2.28. The van der Waals surface area contributed by atoms with Crippen LogP contribution in [-0.4, -0.2) is 48.1 Å². The summed E-state index contributed by atoms with van der Waals surface area (Å²) in [5.74, 6) is 2.21. The van der Waals surface area contributed by atoms with Gasteiger partial charge in [-0.3, -0.25) is 0 Å². The molecule has 0 bridgehead atoms. The molecule has 2 N–H and O–H groups in total. The van der Waals surface area contributed by atoms with Crippen molar-refractivity contribution in [2.24, 2.45) is 0 Å². The minimum atomic E-state index is 0.313.